The molecule has 6 heteroatoms. The SMILES string of the molecule is CC1(C)O[C@H]2O[C@H]([C@H](N)COC(c3ccccc3)(c3ccccc3)c3ccccc3)[C@H](OCc3ccccc3)[C@H]2O1. The van der Waals surface area contributed by atoms with Gasteiger partial charge in [-0.1, -0.05) is 121 Å². The van der Waals surface area contributed by atoms with Crippen LogP contribution in [0.25, 0.3) is 0 Å². The third-order valence-electron chi connectivity index (χ3n) is 7.77. The lowest BCUT2D eigenvalue weighted by atomic mass is 9.80. The number of hydrogen-bond acceptors (Lipinski definition) is 6. The van der Waals surface area contributed by atoms with Crippen LogP contribution in [0.2, 0.25) is 0 Å². The van der Waals surface area contributed by atoms with Crippen LogP contribution in [0.15, 0.2) is 121 Å². The van der Waals surface area contributed by atoms with Gasteiger partial charge in [-0.25, -0.2) is 0 Å². The van der Waals surface area contributed by atoms with Gasteiger partial charge in [0.1, 0.15) is 23.9 Å². The first-order valence-corrected chi connectivity index (χ1v) is 14.2. The summed E-state index contributed by atoms with van der Waals surface area (Å²) in [5.41, 5.74) is 10.1. The molecule has 5 atom stereocenters. The molecule has 0 saturated carbocycles. The molecule has 41 heavy (non-hydrogen) atoms. The zero-order chi connectivity index (χ0) is 28.3. The van der Waals surface area contributed by atoms with Crippen molar-refractivity contribution in [1.82, 2.24) is 0 Å². The molecule has 6 nitrogen and oxygen atoms in total. The minimum atomic E-state index is -0.884. The predicted octanol–water partition coefficient (Wildman–Crippen LogP) is 5.78. The Balaban J connectivity index is 1.30. The zero-order valence-electron chi connectivity index (χ0n) is 23.5. The fourth-order valence-corrected chi connectivity index (χ4v) is 5.89. The van der Waals surface area contributed by atoms with E-state index < -0.39 is 42.0 Å². The van der Waals surface area contributed by atoms with Crippen molar-refractivity contribution in [2.45, 2.75) is 62.5 Å². The van der Waals surface area contributed by atoms with Crippen LogP contribution in [-0.2, 0) is 35.9 Å². The van der Waals surface area contributed by atoms with Crippen LogP contribution in [0.1, 0.15) is 36.1 Å². The normalized spacial score (nSPS) is 24.2. The molecule has 2 aliphatic rings. The summed E-state index contributed by atoms with van der Waals surface area (Å²) in [6.07, 6.45) is -1.89. The van der Waals surface area contributed by atoms with Crippen molar-refractivity contribution in [1.29, 1.82) is 0 Å². The van der Waals surface area contributed by atoms with E-state index >= 15 is 0 Å². The number of hydrogen-bond donors (Lipinski definition) is 1. The fraction of sp³-hybridized carbons (Fsp3) is 0.314. The highest BCUT2D eigenvalue weighted by atomic mass is 16.8. The molecule has 6 rings (SSSR count). The molecule has 2 aliphatic heterocycles. The molecule has 2 fully saturated rings. The first kappa shape index (κ1) is 27.8. The van der Waals surface area contributed by atoms with Crippen LogP contribution < -0.4 is 5.73 Å². The second-order valence-electron chi connectivity index (χ2n) is 11.1. The smallest absolute Gasteiger partial charge is 0.190 e. The summed E-state index contributed by atoms with van der Waals surface area (Å²) >= 11 is 0. The summed E-state index contributed by atoms with van der Waals surface area (Å²) in [5, 5.41) is 0. The quantitative estimate of drug-likeness (QED) is 0.252. The highest BCUT2D eigenvalue weighted by molar-refractivity contribution is 5.47. The Morgan fingerprint density at radius 3 is 1.73 bits per heavy atom. The van der Waals surface area contributed by atoms with Crippen molar-refractivity contribution >= 4 is 0 Å². The van der Waals surface area contributed by atoms with E-state index in [2.05, 4.69) is 36.4 Å². The average molecular weight is 552 g/mol. The van der Waals surface area contributed by atoms with Crippen LogP contribution in [-0.4, -0.2) is 43.0 Å². The molecular weight excluding hydrogens is 514 g/mol. The van der Waals surface area contributed by atoms with Gasteiger partial charge in [-0.15, -0.1) is 0 Å². The van der Waals surface area contributed by atoms with Crippen LogP contribution in [0, 0.1) is 0 Å². The van der Waals surface area contributed by atoms with Crippen LogP contribution in [0.3, 0.4) is 0 Å². The second kappa shape index (κ2) is 11.9. The maximum atomic E-state index is 6.99. The molecule has 2 N–H and O–H groups in total. The van der Waals surface area contributed by atoms with Crippen LogP contribution >= 0.6 is 0 Å². The molecule has 0 unspecified atom stereocenters. The minimum absolute atomic E-state index is 0.206. The molecule has 4 aromatic carbocycles. The third-order valence-corrected chi connectivity index (χ3v) is 7.77. The molecule has 0 spiro atoms. The number of rotatable bonds is 10. The second-order valence-corrected chi connectivity index (χ2v) is 11.1. The molecule has 212 valence electrons. The summed E-state index contributed by atoms with van der Waals surface area (Å²) in [6.45, 7) is 4.38. The molecule has 0 aromatic heterocycles. The summed E-state index contributed by atoms with van der Waals surface area (Å²) in [5.74, 6) is -0.766. The molecule has 2 saturated heterocycles. The maximum Gasteiger partial charge on any atom is 0.190 e. The van der Waals surface area contributed by atoms with Crippen molar-refractivity contribution in [3.8, 4) is 0 Å². The molecule has 0 bridgehead atoms. The molecule has 0 amide bonds. The van der Waals surface area contributed by atoms with Crippen molar-refractivity contribution in [3.63, 3.8) is 0 Å². The van der Waals surface area contributed by atoms with Crippen molar-refractivity contribution < 1.29 is 23.7 Å². The van der Waals surface area contributed by atoms with E-state index in [0.29, 0.717) is 6.61 Å². The Hall–Kier alpha value is -3.36. The summed E-state index contributed by atoms with van der Waals surface area (Å²) < 4.78 is 32.1. The maximum absolute atomic E-state index is 6.99. The first-order valence-electron chi connectivity index (χ1n) is 14.2. The lowest BCUT2D eigenvalue weighted by molar-refractivity contribution is -0.223. The zero-order valence-corrected chi connectivity index (χ0v) is 23.5. The van der Waals surface area contributed by atoms with Gasteiger partial charge < -0.3 is 29.4 Å². The summed E-state index contributed by atoms with van der Waals surface area (Å²) in [6, 6.07) is 40.3. The Morgan fingerprint density at radius 2 is 1.22 bits per heavy atom. The van der Waals surface area contributed by atoms with Gasteiger partial charge in [-0.05, 0) is 36.1 Å². The topological polar surface area (TPSA) is 72.2 Å². The first-order chi connectivity index (χ1) is 20.0. The average Bonchev–Trinajstić information content (AvgIpc) is 3.50. The van der Waals surface area contributed by atoms with Crippen molar-refractivity contribution in [3.05, 3.63) is 144 Å². The lowest BCUT2D eigenvalue weighted by Crippen LogP contribution is -2.50. The van der Waals surface area contributed by atoms with Crippen LogP contribution in [0.5, 0.6) is 0 Å². The van der Waals surface area contributed by atoms with Gasteiger partial charge in [0.15, 0.2) is 12.1 Å². The van der Waals surface area contributed by atoms with Gasteiger partial charge in [0.2, 0.25) is 0 Å². The van der Waals surface area contributed by atoms with Gasteiger partial charge in [-0.2, -0.15) is 0 Å². The number of benzene rings is 4. The Labute approximate surface area is 242 Å². The molecule has 4 aromatic rings. The van der Waals surface area contributed by atoms with Gasteiger partial charge in [-0.3, -0.25) is 0 Å². The van der Waals surface area contributed by atoms with Crippen LogP contribution in [0.4, 0.5) is 0 Å². The Kier molecular flexibility index (Phi) is 8.04. The number of nitrogens with two attached hydrogens (primary N) is 1. The molecule has 0 radical (unpaired) electrons. The van der Waals surface area contributed by atoms with Gasteiger partial charge >= 0.3 is 0 Å². The van der Waals surface area contributed by atoms with E-state index in [1.807, 2.05) is 98.8 Å². The van der Waals surface area contributed by atoms with Gasteiger partial charge in [0.05, 0.1) is 19.3 Å². The van der Waals surface area contributed by atoms with E-state index in [9.17, 15) is 0 Å². The minimum Gasteiger partial charge on any atom is -0.368 e. The Bertz CT molecular complexity index is 1290. The van der Waals surface area contributed by atoms with Crippen molar-refractivity contribution in [2.24, 2.45) is 5.73 Å². The van der Waals surface area contributed by atoms with E-state index in [0.717, 1.165) is 22.3 Å². The van der Waals surface area contributed by atoms with Gasteiger partial charge in [0.25, 0.3) is 0 Å². The predicted molar refractivity (Wildman–Crippen MR) is 157 cm³/mol. The molecule has 0 aliphatic carbocycles. The fourth-order valence-electron chi connectivity index (χ4n) is 5.89. The van der Waals surface area contributed by atoms with E-state index in [1.165, 1.54) is 0 Å². The highest BCUT2D eigenvalue weighted by Gasteiger charge is 2.57. The lowest BCUT2D eigenvalue weighted by Gasteiger charge is -2.38. The highest BCUT2D eigenvalue weighted by Crippen LogP contribution is 2.42. The van der Waals surface area contributed by atoms with E-state index in [4.69, 9.17) is 29.4 Å². The van der Waals surface area contributed by atoms with Crippen molar-refractivity contribution in [2.75, 3.05) is 6.61 Å². The number of fused-ring (bicyclic) bond motifs is 1. The summed E-state index contributed by atoms with van der Waals surface area (Å²) in [7, 11) is 0. The Morgan fingerprint density at radius 1 is 0.732 bits per heavy atom. The number of ether oxygens (including phenoxy) is 5. The van der Waals surface area contributed by atoms with Gasteiger partial charge in [0, 0.05) is 0 Å². The van der Waals surface area contributed by atoms with E-state index in [-0.39, 0.29) is 6.61 Å². The summed E-state index contributed by atoms with van der Waals surface area (Å²) in [4.78, 5) is 0. The van der Waals surface area contributed by atoms with E-state index in [1.54, 1.807) is 0 Å². The monoisotopic (exact) mass is 551 g/mol. The molecular formula is C35H37NO5. The standard InChI is InChI=1S/C35H37NO5/c1-34(2)40-32-31(37-23-25-15-7-3-8-16-25)30(39-33(32)41-34)29(36)24-38-35(26-17-9-4-10-18-26,27-19-11-5-12-20-27)28-21-13-6-14-22-28/h3-22,29-33H,23-24,36H2,1-2H3/t29-,30-,31+,32-,33-/m1/s1. The molecule has 2 heterocycles. The largest absolute Gasteiger partial charge is 0.368 e. The third kappa shape index (κ3) is 5.72.